The fourth-order valence-corrected chi connectivity index (χ4v) is 6.98. The van der Waals surface area contributed by atoms with Crippen LogP contribution in [0.4, 0.5) is 0 Å². The number of hydrogen-bond acceptors (Lipinski definition) is 5. The highest BCUT2D eigenvalue weighted by atomic mass is 79.9. The quantitative estimate of drug-likeness (QED) is 0.167. The monoisotopic (exact) mass is 793 g/mol. The first-order chi connectivity index (χ1) is 19.3. The lowest BCUT2D eigenvalue weighted by Crippen LogP contribution is -2.25. The first-order valence-corrected chi connectivity index (χ1v) is 16.3. The predicted octanol–water partition coefficient (Wildman–Crippen LogP) is 9.35. The number of fused-ring (bicyclic) bond motifs is 1. The molecule has 0 amide bonds. The predicted molar refractivity (Wildman–Crippen MR) is 174 cm³/mol. The molecule has 1 fully saturated rings. The van der Waals surface area contributed by atoms with Crippen LogP contribution < -0.4 is 15.0 Å². The van der Waals surface area contributed by atoms with Gasteiger partial charge in [0, 0.05) is 24.9 Å². The molecule has 6 nitrogen and oxygen atoms in total. The SMILES string of the molecule is CCOc1cc(C=Nn2c(C3CCCCC3)nc3ccc(Br)cc3c2=O)cc(Br)c1OCc1ccc(Br)cc1Br. The van der Waals surface area contributed by atoms with Gasteiger partial charge in [-0.25, -0.2) is 4.98 Å². The lowest BCUT2D eigenvalue weighted by atomic mass is 9.88. The molecule has 10 heteroatoms. The summed E-state index contributed by atoms with van der Waals surface area (Å²) in [6, 6.07) is 15.4. The molecule has 40 heavy (non-hydrogen) atoms. The van der Waals surface area contributed by atoms with Crippen molar-refractivity contribution in [1.82, 2.24) is 9.66 Å². The second-order valence-corrected chi connectivity index (χ2v) is 13.2. The van der Waals surface area contributed by atoms with Crippen molar-refractivity contribution in [2.24, 2.45) is 5.10 Å². The van der Waals surface area contributed by atoms with E-state index in [1.54, 1.807) is 12.3 Å². The number of aromatic nitrogens is 2. The third kappa shape index (κ3) is 6.72. The zero-order valence-corrected chi connectivity index (χ0v) is 28.1. The summed E-state index contributed by atoms with van der Waals surface area (Å²) >= 11 is 14.2. The summed E-state index contributed by atoms with van der Waals surface area (Å²) in [5, 5.41) is 5.22. The van der Waals surface area contributed by atoms with Crippen molar-refractivity contribution in [3.05, 3.63) is 93.7 Å². The van der Waals surface area contributed by atoms with Crippen molar-refractivity contribution < 1.29 is 9.47 Å². The third-order valence-electron chi connectivity index (χ3n) is 6.84. The summed E-state index contributed by atoms with van der Waals surface area (Å²) in [5.41, 5.74) is 2.30. The van der Waals surface area contributed by atoms with Crippen LogP contribution >= 0.6 is 63.7 Å². The van der Waals surface area contributed by atoms with Crippen LogP contribution in [-0.2, 0) is 6.61 Å². The first kappa shape index (κ1) is 29.5. The van der Waals surface area contributed by atoms with Gasteiger partial charge in [-0.1, -0.05) is 73.1 Å². The number of halogens is 4. The second-order valence-electron chi connectivity index (χ2n) is 9.62. The maximum Gasteiger partial charge on any atom is 0.282 e. The average molecular weight is 797 g/mol. The second kappa shape index (κ2) is 13.3. The maximum absolute atomic E-state index is 13.7. The van der Waals surface area contributed by atoms with Gasteiger partial charge in [0.25, 0.3) is 5.56 Å². The summed E-state index contributed by atoms with van der Waals surface area (Å²) in [6.45, 7) is 2.76. The van der Waals surface area contributed by atoms with Gasteiger partial charge in [0.2, 0.25) is 0 Å². The van der Waals surface area contributed by atoms with Gasteiger partial charge in [-0.2, -0.15) is 9.78 Å². The number of ether oxygens (including phenoxy) is 2. The molecule has 1 aliphatic carbocycles. The van der Waals surface area contributed by atoms with Crippen LogP contribution in [-0.4, -0.2) is 22.5 Å². The fourth-order valence-electron chi connectivity index (χ4n) is 4.88. The molecule has 1 aliphatic rings. The van der Waals surface area contributed by atoms with E-state index in [2.05, 4.69) is 68.8 Å². The Hall–Kier alpha value is -2.01. The molecule has 1 heterocycles. The smallest absolute Gasteiger partial charge is 0.282 e. The minimum absolute atomic E-state index is 0.174. The van der Waals surface area contributed by atoms with E-state index in [1.165, 1.54) is 11.1 Å². The maximum atomic E-state index is 13.7. The van der Waals surface area contributed by atoms with E-state index >= 15 is 0 Å². The fraction of sp³-hybridized carbons (Fsp3) is 0.300. The molecule has 0 spiro atoms. The molecule has 0 radical (unpaired) electrons. The summed E-state index contributed by atoms with van der Waals surface area (Å²) in [4.78, 5) is 18.6. The van der Waals surface area contributed by atoms with Crippen molar-refractivity contribution in [1.29, 1.82) is 0 Å². The number of benzene rings is 3. The van der Waals surface area contributed by atoms with Crippen molar-refractivity contribution >= 4 is 80.8 Å². The highest BCUT2D eigenvalue weighted by Gasteiger charge is 2.23. The van der Waals surface area contributed by atoms with Gasteiger partial charge >= 0.3 is 0 Å². The van der Waals surface area contributed by atoms with Gasteiger partial charge in [0.1, 0.15) is 12.4 Å². The molecule has 0 saturated heterocycles. The van der Waals surface area contributed by atoms with Crippen LogP contribution in [0, 0.1) is 0 Å². The van der Waals surface area contributed by atoms with Gasteiger partial charge in [-0.3, -0.25) is 4.79 Å². The van der Waals surface area contributed by atoms with Crippen LogP contribution in [0.15, 0.2) is 76.3 Å². The molecule has 3 aromatic carbocycles. The number of nitrogens with zero attached hydrogens (tertiary/aromatic N) is 3. The summed E-state index contributed by atoms with van der Waals surface area (Å²) in [7, 11) is 0. The highest BCUT2D eigenvalue weighted by molar-refractivity contribution is 9.11. The van der Waals surface area contributed by atoms with E-state index in [0.717, 1.165) is 60.5 Å². The Bertz CT molecular complexity index is 1630. The molecule has 208 valence electrons. The minimum Gasteiger partial charge on any atom is -0.490 e. The van der Waals surface area contributed by atoms with Crippen molar-refractivity contribution in [2.45, 2.75) is 51.6 Å². The lowest BCUT2D eigenvalue weighted by molar-refractivity contribution is 0.267. The van der Waals surface area contributed by atoms with Crippen molar-refractivity contribution in [3.63, 3.8) is 0 Å². The highest BCUT2D eigenvalue weighted by Crippen LogP contribution is 2.38. The van der Waals surface area contributed by atoms with Gasteiger partial charge < -0.3 is 9.47 Å². The van der Waals surface area contributed by atoms with E-state index in [1.807, 2.05) is 49.4 Å². The van der Waals surface area contributed by atoms with Crippen LogP contribution in [0.25, 0.3) is 10.9 Å². The zero-order chi connectivity index (χ0) is 28.2. The Morgan fingerprint density at radius 3 is 2.45 bits per heavy atom. The zero-order valence-electron chi connectivity index (χ0n) is 21.8. The molecule has 0 N–H and O–H groups in total. The summed E-state index contributed by atoms with van der Waals surface area (Å²) in [5.74, 6) is 2.11. The number of hydrogen-bond donors (Lipinski definition) is 0. The van der Waals surface area contributed by atoms with Crippen LogP contribution in [0.1, 0.15) is 61.9 Å². The van der Waals surface area contributed by atoms with E-state index in [0.29, 0.717) is 35.6 Å². The molecular weight excluding hydrogens is 770 g/mol. The van der Waals surface area contributed by atoms with Gasteiger partial charge in [0.05, 0.1) is 28.2 Å². The molecule has 0 unspecified atom stereocenters. The average Bonchev–Trinajstić information content (AvgIpc) is 2.94. The Kier molecular flexibility index (Phi) is 9.81. The molecular formula is C30H27Br4N3O3. The van der Waals surface area contributed by atoms with E-state index in [4.69, 9.17) is 14.5 Å². The molecule has 5 rings (SSSR count). The standard InChI is InChI=1S/C30H27Br4N3O3/c1-2-39-27-13-18(12-25(34)28(27)40-17-20-8-9-22(32)15-24(20)33)16-35-37-29(19-6-4-3-5-7-19)36-26-11-10-21(31)14-23(26)30(37)38/h8-16,19H,2-7,17H2,1H3. The first-order valence-electron chi connectivity index (χ1n) is 13.1. The van der Waals surface area contributed by atoms with Crippen LogP contribution in [0.5, 0.6) is 11.5 Å². The van der Waals surface area contributed by atoms with E-state index < -0.39 is 0 Å². The topological polar surface area (TPSA) is 65.7 Å². The van der Waals surface area contributed by atoms with Crippen molar-refractivity contribution in [2.75, 3.05) is 6.61 Å². The molecule has 0 atom stereocenters. The van der Waals surface area contributed by atoms with E-state index in [9.17, 15) is 4.79 Å². The molecule has 1 aromatic heterocycles. The Morgan fingerprint density at radius 1 is 0.950 bits per heavy atom. The lowest BCUT2D eigenvalue weighted by Gasteiger charge is -2.22. The number of rotatable bonds is 8. The largest absolute Gasteiger partial charge is 0.490 e. The third-order valence-corrected chi connectivity index (χ3v) is 9.16. The van der Waals surface area contributed by atoms with Gasteiger partial charge in [-0.05, 0) is 83.7 Å². The van der Waals surface area contributed by atoms with Gasteiger partial charge in [0.15, 0.2) is 11.5 Å². The summed E-state index contributed by atoms with van der Waals surface area (Å²) in [6.07, 6.45) is 7.17. The van der Waals surface area contributed by atoms with Gasteiger partial charge in [-0.15, -0.1) is 0 Å². The molecule has 0 aliphatic heterocycles. The van der Waals surface area contributed by atoms with Crippen LogP contribution in [0.3, 0.4) is 0 Å². The minimum atomic E-state index is -0.174. The van der Waals surface area contributed by atoms with Crippen LogP contribution in [0.2, 0.25) is 0 Å². The Balaban J connectivity index is 1.50. The molecule has 0 bridgehead atoms. The van der Waals surface area contributed by atoms with E-state index in [-0.39, 0.29) is 11.5 Å². The normalized spacial score (nSPS) is 14.2. The van der Waals surface area contributed by atoms with Crippen molar-refractivity contribution in [3.8, 4) is 11.5 Å². The molecule has 4 aromatic rings. The Morgan fingerprint density at radius 2 is 1.70 bits per heavy atom. The summed E-state index contributed by atoms with van der Waals surface area (Å²) < 4.78 is 17.1. The molecule has 1 saturated carbocycles. The Labute approximate surface area is 266 Å².